The van der Waals surface area contributed by atoms with Crippen molar-refractivity contribution < 1.29 is 23.9 Å². The molecule has 0 aliphatic carbocycles. The normalized spacial score (nSPS) is 10.2. The summed E-state index contributed by atoms with van der Waals surface area (Å²) in [6, 6.07) is 4.74. The average Bonchev–Trinajstić information content (AvgIpc) is 2.90. The van der Waals surface area contributed by atoms with E-state index in [0.717, 1.165) is 0 Å². The summed E-state index contributed by atoms with van der Waals surface area (Å²) in [6.45, 7) is 2.40. The van der Waals surface area contributed by atoms with Gasteiger partial charge in [0.1, 0.15) is 18.4 Å². The number of carboxylic acid groups (broad SMARTS) is 1. The van der Waals surface area contributed by atoms with Gasteiger partial charge in [-0.3, -0.25) is 0 Å². The number of hydrogen-bond donors (Lipinski definition) is 1. The predicted octanol–water partition coefficient (Wildman–Crippen LogP) is 2.35. The smallest absolute Gasteiger partial charge is 0.339 e. The summed E-state index contributed by atoms with van der Waals surface area (Å²) in [5.74, 6) is -0.459. The summed E-state index contributed by atoms with van der Waals surface area (Å²) >= 11 is 0. The Kier molecular flexibility index (Phi) is 4.02. The van der Waals surface area contributed by atoms with Gasteiger partial charge in [0.2, 0.25) is 0 Å². The maximum absolute atomic E-state index is 11.2. The van der Waals surface area contributed by atoms with Crippen molar-refractivity contribution in [3.63, 3.8) is 0 Å². The quantitative estimate of drug-likeness (QED) is 0.861. The van der Waals surface area contributed by atoms with Crippen LogP contribution >= 0.6 is 0 Å². The number of benzene rings is 1. The fraction of sp³-hybridized carbons (Fsp3) is 0.231. The van der Waals surface area contributed by atoms with Gasteiger partial charge in [-0.1, -0.05) is 11.2 Å². The highest BCUT2D eigenvalue weighted by atomic mass is 16.5. The first-order valence-corrected chi connectivity index (χ1v) is 5.72. The van der Waals surface area contributed by atoms with E-state index >= 15 is 0 Å². The van der Waals surface area contributed by atoms with E-state index in [9.17, 15) is 4.79 Å². The number of aromatic nitrogens is 1. The van der Waals surface area contributed by atoms with Crippen LogP contribution in [0.5, 0.6) is 11.5 Å². The van der Waals surface area contributed by atoms with E-state index in [1.165, 1.54) is 18.5 Å². The van der Waals surface area contributed by atoms with Crippen LogP contribution in [0.15, 0.2) is 35.2 Å². The molecular formula is C13H13NO5. The fourth-order valence-corrected chi connectivity index (χ4v) is 1.56. The number of nitrogens with zero attached hydrogens (tertiary/aromatic N) is 1. The molecule has 1 heterocycles. The summed E-state index contributed by atoms with van der Waals surface area (Å²) in [7, 11) is 0. The van der Waals surface area contributed by atoms with Gasteiger partial charge in [0.15, 0.2) is 11.5 Å². The molecule has 0 saturated heterocycles. The Labute approximate surface area is 109 Å². The maximum atomic E-state index is 11.2. The van der Waals surface area contributed by atoms with Crippen LogP contribution in [0.4, 0.5) is 0 Å². The Morgan fingerprint density at radius 1 is 1.42 bits per heavy atom. The van der Waals surface area contributed by atoms with Crippen molar-refractivity contribution in [2.45, 2.75) is 13.5 Å². The van der Waals surface area contributed by atoms with Crippen LogP contribution in [0.3, 0.4) is 0 Å². The molecule has 0 aliphatic rings. The molecular weight excluding hydrogens is 250 g/mol. The first-order chi connectivity index (χ1) is 9.22. The lowest BCUT2D eigenvalue weighted by Crippen LogP contribution is -2.05. The minimum absolute atomic E-state index is 0.0578. The summed E-state index contributed by atoms with van der Waals surface area (Å²) in [6.07, 6.45) is 2.94. The summed E-state index contributed by atoms with van der Waals surface area (Å²) in [5.41, 5.74) is 0.769. The van der Waals surface area contributed by atoms with Crippen LogP contribution in [-0.4, -0.2) is 22.8 Å². The Hall–Kier alpha value is -2.50. The predicted molar refractivity (Wildman–Crippen MR) is 65.4 cm³/mol. The van der Waals surface area contributed by atoms with Gasteiger partial charge in [-0.15, -0.1) is 0 Å². The summed E-state index contributed by atoms with van der Waals surface area (Å²) in [4.78, 5) is 11.2. The highest BCUT2D eigenvalue weighted by Crippen LogP contribution is 2.32. The molecule has 1 aromatic carbocycles. The second-order valence-corrected chi connectivity index (χ2v) is 3.69. The number of aromatic carboxylic acids is 1. The number of carboxylic acids is 1. The maximum Gasteiger partial charge on any atom is 0.339 e. The van der Waals surface area contributed by atoms with Gasteiger partial charge in [0.25, 0.3) is 0 Å². The van der Waals surface area contributed by atoms with E-state index in [4.69, 9.17) is 14.6 Å². The molecule has 6 nitrogen and oxygen atoms in total. The average molecular weight is 263 g/mol. The molecule has 6 heteroatoms. The summed E-state index contributed by atoms with van der Waals surface area (Å²) < 4.78 is 15.6. The largest absolute Gasteiger partial charge is 0.490 e. The van der Waals surface area contributed by atoms with Gasteiger partial charge >= 0.3 is 5.97 Å². The van der Waals surface area contributed by atoms with E-state index in [2.05, 4.69) is 9.68 Å². The molecule has 1 N–H and O–H groups in total. The Morgan fingerprint density at radius 2 is 2.26 bits per heavy atom. The molecule has 2 rings (SSSR count). The van der Waals surface area contributed by atoms with E-state index in [1.807, 2.05) is 6.92 Å². The third-order valence-electron chi connectivity index (χ3n) is 2.38. The third-order valence-corrected chi connectivity index (χ3v) is 2.38. The fourth-order valence-electron chi connectivity index (χ4n) is 1.56. The van der Waals surface area contributed by atoms with Crippen molar-refractivity contribution in [3.05, 3.63) is 41.8 Å². The SMILES string of the molecule is CCOc1cccc(C(=O)O)c1OCc1cnoc1. The molecule has 0 unspecified atom stereocenters. The van der Waals surface area contributed by atoms with Crippen LogP contribution in [0, 0.1) is 0 Å². The summed E-state index contributed by atoms with van der Waals surface area (Å²) in [5, 5.41) is 12.7. The number of carbonyl (C=O) groups is 1. The standard InChI is InChI=1S/C13H13NO5/c1-2-17-11-5-3-4-10(13(15)16)12(11)18-7-9-6-14-19-8-9/h3-6,8H,2,7H2,1H3,(H,15,16). The topological polar surface area (TPSA) is 81.8 Å². The first-order valence-electron chi connectivity index (χ1n) is 5.72. The Balaban J connectivity index is 2.26. The lowest BCUT2D eigenvalue weighted by Gasteiger charge is -2.13. The molecule has 0 radical (unpaired) electrons. The lowest BCUT2D eigenvalue weighted by atomic mass is 10.2. The molecule has 0 atom stereocenters. The monoisotopic (exact) mass is 263 g/mol. The first kappa shape index (κ1) is 12.9. The molecule has 0 amide bonds. The second kappa shape index (κ2) is 5.90. The van der Waals surface area contributed by atoms with Gasteiger partial charge in [0.05, 0.1) is 12.8 Å². The second-order valence-electron chi connectivity index (χ2n) is 3.69. The van der Waals surface area contributed by atoms with E-state index in [-0.39, 0.29) is 17.9 Å². The Bertz CT molecular complexity index is 550. The highest BCUT2D eigenvalue weighted by Gasteiger charge is 2.16. The highest BCUT2D eigenvalue weighted by molar-refractivity contribution is 5.92. The minimum Gasteiger partial charge on any atom is -0.490 e. The number of hydrogen-bond acceptors (Lipinski definition) is 5. The molecule has 0 aliphatic heterocycles. The van der Waals surface area contributed by atoms with Gasteiger partial charge in [-0.25, -0.2) is 4.79 Å². The molecule has 2 aromatic rings. The van der Waals surface area contributed by atoms with Crippen LogP contribution in [-0.2, 0) is 6.61 Å². The molecule has 19 heavy (non-hydrogen) atoms. The van der Waals surface area contributed by atoms with Crippen molar-refractivity contribution in [2.24, 2.45) is 0 Å². The van der Waals surface area contributed by atoms with Crippen molar-refractivity contribution in [3.8, 4) is 11.5 Å². The van der Waals surface area contributed by atoms with Crippen molar-refractivity contribution in [2.75, 3.05) is 6.61 Å². The van der Waals surface area contributed by atoms with Crippen molar-refractivity contribution in [1.82, 2.24) is 5.16 Å². The van der Waals surface area contributed by atoms with E-state index < -0.39 is 5.97 Å². The van der Waals surface area contributed by atoms with Crippen LogP contribution < -0.4 is 9.47 Å². The zero-order valence-corrected chi connectivity index (χ0v) is 10.3. The molecule has 1 aromatic heterocycles. The van der Waals surface area contributed by atoms with E-state index in [1.54, 1.807) is 12.1 Å². The molecule has 0 spiro atoms. The molecule has 0 bridgehead atoms. The molecule has 0 fully saturated rings. The number of ether oxygens (including phenoxy) is 2. The number of para-hydroxylation sites is 1. The minimum atomic E-state index is -1.07. The molecule has 100 valence electrons. The van der Waals surface area contributed by atoms with Crippen molar-refractivity contribution >= 4 is 5.97 Å². The third kappa shape index (κ3) is 3.04. The molecule has 0 saturated carbocycles. The van der Waals surface area contributed by atoms with Crippen LogP contribution in [0.2, 0.25) is 0 Å². The lowest BCUT2D eigenvalue weighted by molar-refractivity contribution is 0.0690. The van der Waals surface area contributed by atoms with Crippen molar-refractivity contribution in [1.29, 1.82) is 0 Å². The van der Waals surface area contributed by atoms with Crippen LogP contribution in [0.1, 0.15) is 22.8 Å². The van der Waals surface area contributed by atoms with Gasteiger partial charge in [-0.2, -0.15) is 0 Å². The van der Waals surface area contributed by atoms with Gasteiger partial charge in [-0.05, 0) is 19.1 Å². The Morgan fingerprint density at radius 3 is 2.89 bits per heavy atom. The zero-order chi connectivity index (χ0) is 13.7. The zero-order valence-electron chi connectivity index (χ0n) is 10.3. The van der Waals surface area contributed by atoms with Gasteiger partial charge < -0.3 is 19.1 Å². The number of rotatable bonds is 6. The van der Waals surface area contributed by atoms with Crippen LogP contribution in [0.25, 0.3) is 0 Å². The van der Waals surface area contributed by atoms with E-state index in [0.29, 0.717) is 17.9 Å². The van der Waals surface area contributed by atoms with Gasteiger partial charge in [0, 0.05) is 5.56 Å².